The van der Waals surface area contributed by atoms with Gasteiger partial charge in [0.05, 0.1) is 12.2 Å². The zero-order valence-electron chi connectivity index (χ0n) is 11.9. The fraction of sp³-hybridized carbons (Fsp3) is 0.417. The second-order valence-electron chi connectivity index (χ2n) is 4.79. The lowest BCUT2D eigenvalue weighted by Crippen LogP contribution is -2.41. The number of halogens is 2. The molecule has 0 radical (unpaired) electrons. The molecule has 0 unspecified atom stereocenters. The number of nitrogen functional groups attached to an aromatic ring is 1. The first-order chi connectivity index (χ1) is 9.55. The van der Waals surface area contributed by atoms with Crippen LogP contribution in [0, 0.1) is 11.6 Å². The van der Waals surface area contributed by atoms with Gasteiger partial charge in [0.25, 0.3) is 0 Å². The lowest BCUT2D eigenvalue weighted by molar-refractivity contribution is -0.121. The van der Waals surface area contributed by atoms with E-state index in [-0.39, 0.29) is 6.04 Å². The molecule has 0 bridgehead atoms. The van der Waals surface area contributed by atoms with Gasteiger partial charge < -0.3 is 11.1 Å². The van der Waals surface area contributed by atoms with Gasteiger partial charge in [-0.25, -0.2) is 17.2 Å². The van der Waals surface area contributed by atoms with Crippen molar-refractivity contribution in [3.63, 3.8) is 0 Å². The molecular weight excluding hydrogens is 304 g/mol. The maximum atomic E-state index is 13.6. The molecule has 0 aliphatic carbocycles. The van der Waals surface area contributed by atoms with Gasteiger partial charge >= 0.3 is 0 Å². The number of anilines is 1. The second-order valence-corrected chi connectivity index (χ2v) is 6.80. The van der Waals surface area contributed by atoms with E-state index >= 15 is 0 Å². The average molecular weight is 321 g/mol. The molecule has 0 fully saturated rings. The van der Waals surface area contributed by atoms with Gasteiger partial charge in [-0.15, -0.1) is 0 Å². The summed E-state index contributed by atoms with van der Waals surface area (Å²) in [4.78, 5) is 10.8. The highest BCUT2D eigenvalue weighted by atomic mass is 32.2. The molecule has 1 amide bonds. The SMILES string of the molecule is CC(C)NC(=O)CN(C)S(=O)(=O)c1cc(N)c(F)cc1F. The van der Waals surface area contributed by atoms with Crippen molar-refractivity contribution in [2.24, 2.45) is 0 Å². The Labute approximate surface area is 122 Å². The van der Waals surface area contributed by atoms with Crippen molar-refractivity contribution in [1.29, 1.82) is 0 Å². The largest absolute Gasteiger partial charge is 0.396 e. The first-order valence-corrected chi connectivity index (χ1v) is 7.50. The van der Waals surface area contributed by atoms with E-state index in [4.69, 9.17) is 5.73 Å². The number of carbonyl (C=O) groups is 1. The zero-order chi connectivity index (χ0) is 16.4. The molecule has 0 aliphatic rings. The van der Waals surface area contributed by atoms with E-state index in [1.807, 2.05) is 0 Å². The number of carbonyl (C=O) groups excluding carboxylic acids is 1. The Balaban J connectivity index is 3.06. The monoisotopic (exact) mass is 321 g/mol. The summed E-state index contributed by atoms with van der Waals surface area (Å²) >= 11 is 0. The third kappa shape index (κ3) is 4.11. The first kappa shape index (κ1) is 17.3. The van der Waals surface area contributed by atoms with E-state index < -0.39 is 44.7 Å². The highest BCUT2D eigenvalue weighted by Gasteiger charge is 2.27. The molecule has 6 nitrogen and oxygen atoms in total. The molecule has 0 spiro atoms. The number of likely N-dealkylation sites (N-methyl/N-ethyl adjacent to an activating group) is 1. The quantitative estimate of drug-likeness (QED) is 0.781. The smallest absolute Gasteiger partial charge is 0.246 e. The van der Waals surface area contributed by atoms with E-state index in [9.17, 15) is 22.0 Å². The molecule has 0 saturated heterocycles. The average Bonchev–Trinajstić information content (AvgIpc) is 2.32. The molecule has 118 valence electrons. The summed E-state index contributed by atoms with van der Waals surface area (Å²) in [5.41, 5.74) is 4.76. The maximum absolute atomic E-state index is 13.6. The van der Waals surface area contributed by atoms with Crippen LogP contribution in [0.25, 0.3) is 0 Å². The molecule has 3 N–H and O–H groups in total. The summed E-state index contributed by atoms with van der Waals surface area (Å²) in [6, 6.07) is 0.924. The van der Waals surface area contributed by atoms with Crippen LogP contribution in [-0.4, -0.2) is 38.3 Å². The Hall–Kier alpha value is -1.74. The van der Waals surface area contributed by atoms with Crippen LogP contribution in [0.3, 0.4) is 0 Å². The van der Waals surface area contributed by atoms with E-state index in [0.717, 1.165) is 7.05 Å². The lowest BCUT2D eigenvalue weighted by Gasteiger charge is -2.18. The number of rotatable bonds is 5. The van der Waals surface area contributed by atoms with Gasteiger partial charge in [-0.05, 0) is 19.9 Å². The highest BCUT2D eigenvalue weighted by Crippen LogP contribution is 2.23. The standard InChI is InChI=1S/C12H17F2N3O3S/c1-7(2)16-12(18)6-17(3)21(19,20)11-5-10(15)8(13)4-9(11)14/h4-5,7H,6,15H2,1-3H3,(H,16,18). The number of nitrogens with two attached hydrogens (primary N) is 1. The molecule has 1 aromatic carbocycles. The highest BCUT2D eigenvalue weighted by molar-refractivity contribution is 7.89. The van der Waals surface area contributed by atoms with E-state index in [1.54, 1.807) is 13.8 Å². The van der Waals surface area contributed by atoms with Gasteiger partial charge in [0.1, 0.15) is 16.5 Å². The minimum absolute atomic E-state index is 0.160. The van der Waals surface area contributed by atoms with Crippen LogP contribution < -0.4 is 11.1 Å². The van der Waals surface area contributed by atoms with E-state index in [2.05, 4.69) is 5.32 Å². The van der Waals surface area contributed by atoms with Gasteiger partial charge in [0, 0.05) is 19.2 Å². The molecule has 0 aliphatic heterocycles. The minimum atomic E-state index is -4.29. The molecule has 1 rings (SSSR count). The number of sulfonamides is 1. The fourth-order valence-corrected chi connectivity index (χ4v) is 2.77. The van der Waals surface area contributed by atoms with Crippen molar-refractivity contribution < 1.29 is 22.0 Å². The number of benzene rings is 1. The second kappa shape index (κ2) is 6.35. The fourth-order valence-electron chi connectivity index (χ4n) is 1.57. The Morgan fingerprint density at radius 2 is 1.90 bits per heavy atom. The lowest BCUT2D eigenvalue weighted by atomic mass is 10.3. The number of nitrogens with zero attached hydrogens (tertiary/aromatic N) is 1. The molecule has 9 heteroatoms. The van der Waals surface area contributed by atoms with Crippen molar-refractivity contribution in [3.8, 4) is 0 Å². The molecule has 1 aromatic rings. The van der Waals surface area contributed by atoms with Crippen molar-refractivity contribution >= 4 is 21.6 Å². The van der Waals surface area contributed by atoms with E-state index in [0.29, 0.717) is 16.4 Å². The maximum Gasteiger partial charge on any atom is 0.246 e. The minimum Gasteiger partial charge on any atom is -0.396 e. The van der Waals surface area contributed by atoms with Crippen molar-refractivity contribution in [1.82, 2.24) is 9.62 Å². The molecular formula is C12H17F2N3O3S. The van der Waals surface area contributed by atoms with Gasteiger partial charge in [-0.1, -0.05) is 0 Å². The van der Waals surface area contributed by atoms with Crippen LogP contribution in [0.5, 0.6) is 0 Å². The van der Waals surface area contributed by atoms with Gasteiger partial charge in [0.15, 0.2) is 0 Å². The van der Waals surface area contributed by atoms with E-state index in [1.165, 1.54) is 0 Å². The predicted octanol–water partition coefficient (Wildman–Crippen LogP) is 0.692. The van der Waals surface area contributed by atoms with Crippen LogP contribution in [0.4, 0.5) is 14.5 Å². The van der Waals surface area contributed by atoms with Crippen LogP contribution >= 0.6 is 0 Å². The Bertz CT molecular complexity index is 647. The molecule has 0 heterocycles. The first-order valence-electron chi connectivity index (χ1n) is 6.06. The van der Waals surface area contributed by atoms with Gasteiger partial charge in [-0.3, -0.25) is 4.79 Å². The van der Waals surface area contributed by atoms with Crippen molar-refractivity contribution in [2.45, 2.75) is 24.8 Å². The van der Waals surface area contributed by atoms with Crippen LogP contribution in [0.15, 0.2) is 17.0 Å². The Morgan fingerprint density at radius 1 is 1.33 bits per heavy atom. The van der Waals surface area contributed by atoms with Gasteiger partial charge in [0.2, 0.25) is 15.9 Å². The van der Waals surface area contributed by atoms with Crippen LogP contribution in [0.2, 0.25) is 0 Å². The molecule has 0 atom stereocenters. The number of hydrogen-bond donors (Lipinski definition) is 2. The van der Waals surface area contributed by atoms with Crippen LogP contribution in [-0.2, 0) is 14.8 Å². The predicted molar refractivity (Wildman–Crippen MR) is 73.9 cm³/mol. The summed E-state index contributed by atoms with van der Waals surface area (Å²) in [6.45, 7) is 2.94. The molecule has 0 saturated carbocycles. The third-order valence-corrected chi connectivity index (χ3v) is 4.37. The van der Waals surface area contributed by atoms with Crippen molar-refractivity contribution in [3.05, 3.63) is 23.8 Å². The Morgan fingerprint density at radius 3 is 2.43 bits per heavy atom. The van der Waals surface area contributed by atoms with Gasteiger partial charge in [-0.2, -0.15) is 4.31 Å². The topological polar surface area (TPSA) is 92.5 Å². The Kier molecular flexibility index (Phi) is 5.24. The summed E-state index contributed by atoms with van der Waals surface area (Å²) in [6.07, 6.45) is 0. The van der Waals surface area contributed by atoms with Crippen LogP contribution in [0.1, 0.15) is 13.8 Å². The summed E-state index contributed by atoms with van der Waals surface area (Å²) in [5.74, 6) is -2.85. The third-order valence-electron chi connectivity index (χ3n) is 2.56. The zero-order valence-corrected chi connectivity index (χ0v) is 12.7. The normalized spacial score (nSPS) is 12.0. The summed E-state index contributed by atoms with van der Waals surface area (Å²) in [5, 5.41) is 2.51. The summed E-state index contributed by atoms with van der Waals surface area (Å²) < 4.78 is 51.7. The molecule has 0 aromatic heterocycles. The number of nitrogens with one attached hydrogen (secondary N) is 1. The summed E-state index contributed by atoms with van der Waals surface area (Å²) in [7, 11) is -3.17. The number of hydrogen-bond acceptors (Lipinski definition) is 4. The van der Waals surface area contributed by atoms with Crippen molar-refractivity contribution in [2.75, 3.05) is 19.3 Å². The molecule has 21 heavy (non-hydrogen) atoms. The number of amides is 1.